The van der Waals surface area contributed by atoms with Crippen molar-refractivity contribution < 1.29 is 27.1 Å². The molecule has 1 aliphatic carbocycles. The lowest BCUT2D eigenvalue weighted by Gasteiger charge is -2.32. The highest BCUT2D eigenvalue weighted by molar-refractivity contribution is 14.1. The van der Waals surface area contributed by atoms with Gasteiger partial charge >= 0.3 is 12.1 Å². The summed E-state index contributed by atoms with van der Waals surface area (Å²) < 4.78 is 61.3. The molecular weight excluding hydrogens is 358 g/mol. The van der Waals surface area contributed by atoms with Crippen LogP contribution in [-0.2, 0) is 0 Å². The van der Waals surface area contributed by atoms with Crippen molar-refractivity contribution in [1.29, 1.82) is 0 Å². The topological polar surface area (TPSA) is 20.2 Å². The minimum absolute atomic E-state index is 0.168. The highest BCUT2D eigenvalue weighted by atomic mass is 127. The van der Waals surface area contributed by atoms with Crippen LogP contribution in [0.25, 0.3) is 0 Å². The van der Waals surface area contributed by atoms with Gasteiger partial charge in [0.1, 0.15) is 0 Å². The first-order chi connectivity index (χ1) is 7.58. The van der Waals surface area contributed by atoms with E-state index in [0.717, 1.165) is 6.42 Å². The van der Waals surface area contributed by atoms with Crippen molar-refractivity contribution in [3.05, 3.63) is 9.66 Å². The molecule has 7 heteroatoms. The van der Waals surface area contributed by atoms with E-state index in [1.54, 1.807) is 0 Å². The summed E-state index contributed by atoms with van der Waals surface area (Å²) in [5, 5.41) is 9.99. The van der Waals surface area contributed by atoms with Crippen LogP contribution in [0.4, 0.5) is 22.0 Å². The molecule has 0 bridgehead atoms. The average Bonchev–Trinajstić information content (AvgIpc) is 2.16. The Kier molecular flexibility index (Phi) is 4.44. The van der Waals surface area contributed by atoms with Crippen LogP contribution in [0.3, 0.4) is 0 Å². The maximum absolute atomic E-state index is 12.8. The van der Waals surface area contributed by atoms with Crippen molar-refractivity contribution >= 4 is 22.6 Å². The second kappa shape index (κ2) is 4.99. The maximum Gasteiger partial charge on any atom is 0.457 e. The Bertz CT molecular complexity index is 304. The molecule has 0 spiro atoms. The Morgan fingerprint density at radius 2 is 1.53 bits per heavy atom. The van der Waals surface area contributed by atoms with Gasteiger partial charge in [-0.15, -0.1) is 0 Å². The van der Waals surface area contributed by atoms with E-state index in [1.165, 1.54) is 22.6 Å². The second-order valence-corrected chi connectivity index (χ2v) is 5.37. The quantitative estimate of drug-likeness (QED) is 0.571. The smallest absolute Gasteiger partial charge is 0.385 e. The van der Waals surface area contributed by atoms with Crippen LogP contribution in [0.15, 0.2) is 9.66 Å². The standard InChI is InChI=1S/C10H12F5IO/c11-9(12,10(13,14)15)6-7(16)8(17)4-2-1-3-5-8/h6,17H,1-5H2/b7-6+. The van der Waals surface area contributed by atoms with Gasteiger partial charge in [0.2, 0.25) is 0 Å². The van der Waals surface area contributed by atoms with Crippen LogP contribution in [0.2, 0.25) is 0 Å². The molecule has 1 nitrogen and oxygen atoms in total. The lowest BCUT2D eigenvalue weighted by atomic mass is 9.84. The Labute approximate surface area is 109 Å². The van der Waals surface area contributed by atoms with E-state index < -0.39 is 17.7 Å². The van der Waals surface area contributed by atoms with E-state index in [1.807, 2.05) is 0 Å². The molecule has 1 aliphatic rings. The van der Waals surface area contributed by atoms with Crippen molar-refractivity contribution in [2.45, 2.75) is 49.8 Å². The number of allylic oxidation sites excluding steroid dienone is 1. The van der Waals surface area contributed by atoms with Crippen LogP contribution in [-0.4, -0.2) is 22.8 Å². The van der Waals surface area contributed by atoms with Crippen molar-refractivity contribution in [1.82, 2.24) is 0 Å². The van der Waals surface area contributed by atoms with E-state index in [0.29, 0.717) is 12.8 Å². The van der Waals surface area contributed by atoms with Crippen LogP contribution < -0.4 is 0 Å². The predicted molar refractivity (Wildman–Crippen MR) is 61.1 cm³/mol. The van der Waals surface area contributed by atoms with Crippen LogP contribution >= 0.6 is 22.6 Å². The third-order valence-corrected chi connectivity index (χ3v) is 4.13. The second-order valence-electron chi connectivity index (χ2n) is 4.21. The van der Waals surface area contributed by atoms with Crippen molar-refractivity contribution in [3.8, 4) is 0 Å². The number of aliphatic hydroxyl groups is 1. The summed E-state index contributed by atoms with van der Waals surface area (Å²) in [5.41, 5.74) is -1.52. The fourth-order valence-corrected chi connectivity index (χ4v) is 2.68. The van der Waals surface area contributed by atoms with Crippen LogP contribution in [0.1, 0.15) is 32.1 Å². The molecule has 0 aromatic rings. The molecule has 0 aliphatic heterocycles. The Balaban J connectivity index is 2.91. The summed E-state index contributed by atoms with van der Waals surface area (Å²) in [5.74, 6) is -4.89. The Morgan fingerprint density at radius 3 is 1.94 bits per heavy atom. The van der Waals surface area contributed by atoms with E-state index >= 15 is 0 Å². The van der Waals surface area contributed by atoms with Crippen molar-refractivity contribution in [3.63, 3.8) is 0 Å². The zero-order valence-corrected chi connectivity index (χ0v) is 11.0. The molecule has 0 aromatic carbocycles. The van der Waals surface area contributed by atoms with Crippen molar-refractivity contribution in [2.24, 2.45) is 0 Å². The lowest BCUT2D eigenvalue weighted by Crippen LogP contribution is -2.38. The van der Waals surface area contributed by atoms with Gasteiger partial charge in [-0.05, 0) is 35.4 Å². The first-order valence-corrected chi connectivity index (χ1v) is 6.22. The fraction of sp³-hybridized carbons (Fsp3) is 0.800. The molecule has 17 heavy (non-hydrogen) atoms. The number of halogens is 6. The molecule has 1 fully saturated rings. The van der Waals surface area contributed by atoms with Crippen molar-refractivity contribution in [2.75, 3.05) is 0 Å². The molecule has 0 saturated heterocycles. The molecule has 0 aromatic heterocycles. The number of hydrogen-bond donors (Lipinski definition) is 1. The SMILES string of the molecule is OC1(/C(I)=C\C(F)(F)C(F)(F)F)CCCCC1. The van der Waals surface area contributed by atoms with Gasteiger partial charge in [0.25, 0.3) is 0 Å². The van der Waals surface area contributed by atoms with Gasteiger partial charge in [0.15, 0.2) is 0 Å². The monoisotopic (exact) mass is 370 g/mol. The fourth-order valence-electron chi connectivity index (χ4n) is 1.75. The number of rotatable bonds is 2. The van der Waals surface area contributed by atoms with Gasteiger partial charge in [-0.25, -0.2) is 0 Å². The average molecular weight is 370 g/mol. The molecule has 0 atom stereocenters. The largest absolute Gasteiger partial charge is 0.457 e. The molecular formula is C10H12F5IO. The number of alkyl halides is 5. The maximum atomic E-state index is 12.8. The van der Waals surface area contributed by atoms with Gasteiger partial charge in [0.05, 0.1) is 5.60 Å². The molecule has 0 heterocycles. The normalized spacial score (nSPS) is 22.6. The summed E-state index contributed by atoms with van der Waals surface area (Å²) in [6.45, 7) is 0. The van der Waals surface area contributed by atoms with E-state index in [4.69, 9.17) is 0 Å². The summed E-state index contributed by atoms with van der Waals surface area (Å²) >= 11 is 1.37. The Morgan fingerprint density at radius 1 is 1.06 bits per heavy atom. The molecule has 100 valence electrons. The molecule has 1 N–H and O–H groups in total. The summed E-state index contributed by atoms with van der Waals surface area (Å²) in [6, 6.07) is 0. The molecule has 1 saturated carbocycles. The molecule has 1 rings (SSSR count). The minimum Gasteiger partial charge on any atom is -0.385 e. The third kappa shape index (κ3) is 3.52. The first-order valence-electron chi connectivity index (χ1n) is 5.14. The van der Waals surface area contributed by atoms with E-state index in [-0.39, 0.29) is 22.5 Å². The van der Waals surface area contributed by atoms with E-state index in [9.17, 15) is 27.1 Å². The minimum atomic E-state index is -5.62. The van der Waals surface area contributed by atoms with E-state index in [2.05, 4.69) is 0 Å². The van der Waals surface area contributed by atoms with Gasteiger partial charge in [-0.2, -0.15) is 22.0 Å². The third-order valence-electron chi connectivity index (χ3n) is 2.81. The van der Waals surface area contributed by atoms with Gasteiger partial charge < -0.3 is 5.11 Å². The molecule has 0 unspecified atom stereocenters. The van der Waals surface area contributed by atoms with Gasteiger partial charge in [0, 0.05) is 9.66 Å². The summed E-state index contributed by atoms with van der Waals surface area (Å²) in [7, 11) is 0. The molecule has 0 radical (unpaired) electrons. The van der Waals surface area contributed by atoms with Gasteiger partial charge in [-0.3, -0.25) is 0 Å². The van der Waals surface area contributed by atoms with Crippen LogP contribution in [0, 0.1) is 0 Å². The lowest BCUT2D eigenvalue weighted by molar-refractivity contribution is -0.259. The predicted octanol–water partition coefficient (Wildman–Crippen LogP) is 4.20. The zero-order chi connectivity index (χ0) is 13.3. The van der Waals surface area contributed by atoms with Gasteiger partial charge in [-0.1, -0.05) is 19.3 Å². The van der Waals surface area contributed by atoms with Crippen LogP contribution in [0.5, 0.6) is 0 Å². The highest BCUT2D eigenvalue weighted by Crippen LogP contribution is 2.43. The number of hydrogen-bond acceptors (Lipinski definition) is 1. The summed E-state index contributed by atoms with van der Waals surface area (Å²) in [4.78, 5) is 0. The zero-order valence-electron chi connectivity index (χ0n) is 8.83. The highest BCUT2D eigenvalue weighted by Gasteiger charge is 2.56. The summed E-state index contributed by atoms with van der Waals surface area (Å²) in [6.07, 6.45) is -3.19. The Hall–Kier alpha value is 0.0800. The molecule has 0 amide bonds. The first kappa shape index (κ1) is 15.1.